The number of nitrogens with zero attached hydrogens (tertiary/aromatic N) is 1. The van der Waals surface area contributed by atoms with Crippen LogP contribution in [-0.4, -0.2) is 68.3 Å². The van der Waals surface area contributed by atoms with Crippen LogP contribution in [0.15, 0.2) is 24.4 Å². The second-order valence-electron chi connectivity index (χ2n) is 8.06. The van der Waals surface area contributed by atoms with Crippen molar-refractivity contribution >= 4 is 40.5 Å². The number of methoxy groups -OCH3 is 1. The second kappa shape index (κ2) is 11.4. The summed E-state index contributed by atoms with van der Waals surface area (Å²) in [5, 5.41) is 10.7. The summed E-state index contributed by atoms with van der Waals surface area (Å²) in [5.41, 5.74) is 2.91. The third-order valence-corrected chi connectivity index (χ3v) is 5.04. The van der Waals surface area contributed by atoms with Gasteiger partial charge < -0.3 is 30.1 Å². The summed E-state index contributed by atoms with van der Waals surface area (Å²) in [5.74, 6) is -1.52. The third kappa shape index (κ3) is 6.65. The number of aromatic amines is 1. The Bertz CT molecular complexity index is 966. The lowest BCUT2D eigenvalue weighted by Gasteiger charge is -2.22. The average Bonchev–Trinajstić information content (AvgIpc) is 3.15. The number of rotatable bonds is 12. The van der Waals surface area contributed by atoms with Gasteiger partial charge in [0.1, 0.15) is 12.1 Å². The van der Waals surface area contributed by atoms with Gasteiger partial charge in [-0.1, -0.05) is 6.07 Å². The van der Waals surface area contributed by atoms with Gasteiger partial charge >= 0.3 is 5.97 Å². The predicted molar refractivity (Wildman–Crippen MR) is 123 cm³/mol. The molecule has 2 rings (SSSR count). The fourth-order valence-corrected chi connectivity index (χ4v) is 3.29. The van der Waals surface area contributed by atoms with Gasteiger partial charge in [0.05, 0.1) is 12.3 Å². The maximum absolute atomic E-state index is 12.9. The number of benzene rings is 1. The molecule has 0 fully saturated rings. The molecule has 1 aromatic heterocycles. The first-order chi connectivity index (χ1) is 15.2. The van der Waals surface area contributed by atoms with Crippen LogP contribution in [0.1, 0.15) is 32.3 Å². The van der Waals surface area contributed by atoms with Crippen molar-refractivity contribution in [3.63, 3.8) is 0 Å². The number of fused-ring (bicyclic) bond motifs is 1. The van der Waals surface area contributed by atoms with Crippen LogP contribution in [0.5, 0.6) is 0 Å². The number of hydrogen-bond donors (Lipinski definition) is 3. The van der Waals surface area contributed by atoms with E-state index in [-0.39, 0.29) is 18.9 Å². The van der Waals surface area contributed by atoms with E-state index in [0.29, 0.717) is 12.6 Å². The van der Waals surface area contributed by atoms with Crippen molar-refractivity contribution in [2.24, 2.45) is 0 Å². The molecule has 0 spiro atoms. The maximum Gasteiger partial charge on any atom is 0.328 e. The summed E-state index contributed by atoms with van der Waals surface area (Å²) < 4.78 is 10.6. The van der Waals surface area contributed by atoms with E-state index in [9.17, 15) is 14.4 Å². The monoisotopic (exact) mass is 444 g/mol. The normalized spacial score (nSPS) is 12.9. The molecule has 3 N–H and O–H groups in total. The number of amides is 1. The molecule has 2 aromatic rings. The summed E-state index contributed by atoms with van der Waals surface area (Å²) >= 11 is 0. The molecule has 0 aliphatic heterocycles. The fourth-order valence-electron chi connectivity index (χ4n) is 3.29. The van der Waals surface area contributed by atoms with Gasteiger partial charge in [0.25, 0.3) is 0 Å². The Labute approximate surface area is 188 Å². The summed E-state index contributed by atoms with van der Waals surface area (Å²) in [7, 11) is 5.36. The lowest BCUT2D eigenvalue weighted by Crippen LogP contribution is -2.48. The van der Waals surface area contributed by atoms with Crippen LogP contribution in [0.3, 0.4) is 0 Å². The number of ether oxygens (including phenoxy) is 2. The zero-order valence-corrected chi connectivity index (χ0v) is 19.2. The largest absolute Gasteiger partial charge is 0.461 e. The molecule has 1 heterocycles. The molecule has 0 saturated heterocycles. The van der Waals surface area contributed by atoms with E-state index < -0.39 is 29.8 Å². The van der Waals surface area contributed by atoms with E-state index in [1.165, 1.54) is 7.11 Å². The Morgan fingerprint density at radius 1 is 1.25 bits per heavy atom. The van der Waals surface area contributed by atoms with Gasteiger partial charge in [0, 0.05) is 56.8 Å². The van der Waals surface area contributed by atoms with Crippen molar-refractivity contribution in [2.75, 3.05) is 26.1 Å². The predicted octanol–water partition coefficient (Wildman–Crippen LogP) is 2.23. The molecule has 9 heteroatoms. The van der Waals surface area contributed by atoms with E-state index >= 15 is 0 Å². The Morgan fingerprint density at radius 3 is 2.56 bits per heavy atom. The molecule has 9 nitrogen and oxygen atoms in total. The van der Waals surface area contributed by atoms with E-state index in [1.807, 2.05) is 43.4 Å². The van der Waals surface area contributed by atoms with Crippen molar-refractivity contribution < 1.29 is 23.9 Å². The summed E-state index contributed by atoms with van der Waals surface area (Å²) in [6.45, 7) is 3.41. The number of Topliss-reactive ketones (excluding diaryl/α,β-unsaturated/α-hetero) is 1. The van der Waals surface area contributed by atoms with Crippen LogP contribution >= 0.6 is 0 Å². The van der Waals surface area contributed by atoms with Crippen LogP contribution in [0.4, 0.5) is 5.69 Å². The minimum atomic E-state index is -1.00. The summed E-state index contributed by atoms with van der Waals surface area (Å²) in [4.78, 5) is 42.1. The Morgan fingerprint density at radius 2 is 1.97 bits per heavy atom. The molecule has 174 valence electrons. The van der Waals surface area contributed by atoms with Crippen molar-refractivity contribution in [2.45, 2.75) is 51.4 Å². The number of carbonyl (C=O) groups is 3. The van der Waals surface area contributed by atoms with Crippen LogP contribution in [0, 0.1) is 5.41 Å². The lowest BCUT2D eigenvalue weighted by molar-refractivity contribution is -0.152. The van der Waals surface area contributed by atoms with Gasteiger partial charge in [0.15, 0.2) is 5.78 Å². The van der Waals surface area contributed by atoms with E-state index in [4.69, 9.17) is 14.9 Å². The first-order valence-corrected chi connectivity index (χ1v) is 10.5. The molecule has 0 saturated carbocycles. The topological polar surface area (TPSA) is 125 Å². The maximum atomic E-state index is 12.9. The highest BCUT2D eigenvalue weighted by molar-refractivity contribution is 6.26. The average molecular weight is 445 g/mol. The number of carbonyl (C=O) groups excluding carboxylic acids is 3. The van der Waals surface area contributed by atoms with E-state index in [2.05, 4.69) is 10.3 Å². The molecule has 0 radical (unpaired) electrons. The van der Waals surface area contributed by atoms with Crippen LogP contribution < -0.4 is 10.2 Å². The highest BCUT2D eigenvalue weighted by Gasteiger charge is 2.28. The van der Waals surface area contributed by atoms with Gasteiger partial charge in [-0.15, -0.1) is 0 Å². The number of nitrogens with one attached hydrogen (secondary N) is 3. The SMILES string of the molecule is CO[C@@H](Cc1c[nH]c2cc(N(C)C)ccc12)C(=O)N[C@@H](CCC(=O)C=N)C(=O)OC(C)C. The smallest absolute Gasteiger partial charge is 0.328 e. The molecule has 2 atom stereocenters. The first kappa shape index (κ1) is 25.1. The van der Waals surface area contributed by atoms with E-state index in [0.717, 1.165) is 22.2 Å². The van der Waals surface area contributed by atoms with E-state index in [1.54, 1.807) is 13.8 Å². The Hall–Kier alpha value is -3.20. The number of hydrogen-bond acceptors (Lipinski definition) is 7. The summed E-state index contributed by atoms with van der Waals surface area (Å²) in [6, 6.07) is 5.02. The van der Waals surface area contributed by atoms with Crippen LogP contribution in [0.2, 0.25) is 0 Å². The highest BCUT2D eigenvalue weighted by Crippen LogP contribution is 2.24. The zero-order chi connectivity index (χ0) is 23.8. The molecule has 0 aliphatic carbocycles. The minimum Gasteiger partial charge on any atom is -0.461 e. The third-order valence-electron chi connectivity index (χ3n) is 5.04. The Balaban J connectivity index is 2.15. The number of anilines is 1. The van der Waals surface area contributed by atoms with Crippen molar-refractivity contribution in [1.82, 2.24) is 10.3 Å². The van der Waals surface area contributed by atoms with Gasteiger partial charge in [0.2, 0.25) is 5.91 Å². The molecule has 1 aromatic carbocycles. The van der Waals surface area contributed by atoms with Gasteiger partial charge in [-0.05, 0) is 38.0 Å². The number of ketones is 1. The molecule has 0 aliphatic rings. The second-order valence-corrected chi connectivity index (χ2v) is 8.06. The number of H-pyrrole nitrogens is 1. The standard InChI is InChI=1S/C23H32N4O5/c1-14(2)32-23(30)19(9-7-17(28)12-24)26-22(29)21(31-5)10-15-13-25-20-11-16(27(3)4)6-8-18(15)20/h6,8,11-14,19,21,24-25H,7,9-10H2,1-5H3,(H,26,29)/t19-,21-/m0/s1. The highest BCUT2D eigenvalue weighted by atomic mass is 16.5. The van der Waals surface area contributed by atoms with Crippen LogP contribution in [0.25, 0.3) is 10.9 Å². The van der Waals surface area contributed by atoms with Crippen molar-refractivity contribution in [3.05, 3.63) is 30.0 Å². The molecular formula is C23H32N4O5. The van der Waals surface area contributed by atoms with Crippen LogP contribution in [-0.2, 0) is 30.3 Å². The van der Waals surface area contributed by atoms with Gasteiger partial charge in [-0.25, -0.2) is 4.79 Å². The van der Waals surface area contributed by atoms with Gasteiger partial charge in [-0.3, -0.25) is 9.59 Å². The fraction of sp³-hybridized carbons (Fsp3) is 0.478. The first-order valence-electron chi connectivity index (χ1n) is 10.5. The number of esters is 1. The number of aromatic nitrogens is 1. The Kier molecular flexibility index (Phi) is 8.95. The van der Waals surface area contributed by atoms with Crippen molar-refractivity contribution in [3.8, 4) is 0 Å². The lowest BCUT2D eigenvalue weighted by atomic mass is 10.0. The summed E-state index contributed by atoms with van der Waals surface area (Å²) in [6.07, 6.45) is 1.64. The molecule has 32 heavy (non-hydrogen) atoms. The zero-order valence-electron chi connectivity index (χ0n) is 19.2. The van der Waals surface area contributed by atoms with Crippen molar-refractivity contribution in [1.29, 1.82) is 5.41 Å². The van der Waals surface area contributed by atoms with Gasteiger partial charge in [-0.2, -0.15) is 0 Å². The molecule has 1 amide bonds. The molecular weight excluding hydrogens is 412 g/mol. The quantitative estimate of drug-likeness (QED) is 0.341. The molecule has 0 bridgehead atoms. The molecule has 0 unspecified atom stereocenters. The minimum absolute atomic E-state index is 0.0440.